The van der Waals surface area contributed by atoms with Gasteiger partial charge in [-0.05, 0) is 35.4 Å². The van der Waals surface area contributed by atoms with E-state index in [1.54, 1.807) is 0 Å². The molecule has 0 spiro atoms. The molecule has 276 valence electrons. The predicted molar refractivity (Wildman–Crippen MR) is 217 cm³/mol. The summed E-state index contributed by atoms with van der Waals surface area (Å²) >= 11 is 13.3. The Bertz CT molecular complexity index is 1860. The van der Waals surface area contributed by atoms with Crippen molar-refractivity contribution in [3.05, 3.63) is 157 Å². The molecule has 0 atom stereocenters. The Balaban J connectivity index is 0.000000283. The number of rotatable bonds is 3. The molecule has 0 aromatic heterocycles. The second-order valence-corrected chi connectivity index (χ2v) is 18.8. The van der Waals surface area contributed by atoms with Gasteiger partial charge in [0.05, 0.1) is 0 Å². The second-order valence-electron chi connectivity index (χ2n) is 16.7. The van der Waals surface area contributed by atoms with Crippen LogP contribution in [-0.2, 0) is 53.3 Å². The van der Waals surface area contributed by atoms with Crippen molar-refractivity contribution in [3.8, 4) is 11.1 Å². The maximum absolute atomic E-state index is 5.98. The zero-order valence-electron chi connectivity index (χ0n) is 33.0. The monoisotopic (exact) mass is 848 g/mol. The van der Waals surface area contributed by atoms with Crippen molar-refractivity contribution < 1.29 is 49.0 Å². The smallest absolute Gasteiger partial charge is 1.00 e. The van der Waals surface area contributed by atoms with Crippen LogP contribution in [0.15, 0.2) is 84.9 Å². The van der Waals surface area contributed by atoms with E-state index in [1.165, 1.54) is 83.1 Å². The molecule has 0 aliphatic heterocycles. The Morgan fingerprint density at radius 3 is 1.65 bits per heavy atom. The molecule has 0 saturated carbocycles. The van der Waals surface area contributed by atoms with Gasteiger partial charge in [0.25, 0.3) is 0 Å². The van der Waals surface area contributed by atoms with Crippen LogP contribution in [0.25, 0.3) is 11.1 Å². The van der Waals surface area contributed by atoms with Gasteiger partial charge in [-0.1, -0.05) is 111 Å². The van der Waals surface area contributed by atoms with E-state index in [2.05, 4.69) is 138 Å². The van der Waals surface area contributed by atoms with E-state index in [1.807, 2.05) is 36.4 Å². The fourth-order valence-corrected chi connectivity index (χ4v) is 7.80. The molecular weight excluding hydrogens is 798 g/mol. The normalized spacial score (nSPS) is 11.8. The SMILES string of the molecule is CCc1cc(C(C)(C)C)c[cH-]1.Cc1[c-]c2c(cc1C(C)(C)C)-c1cc(C(C)(C)C)c(C)cc1C2.Clc1cccc([C](=[Zr+2])c2cccc(Cl)c2)c1.[Cl-].[Cl-]. The van der Waals surface area contributed by atoms with E-state index in [9.17, 15) is 0 Å². The molecule has 0 unspecified atom stereocenters. The first-order valence-electron chi connectivity index (χ1n) is 17.8. The van der Waals surface area contributed by atoms with Crippen LogP contribution >= 0.6 is 23.2 Å². The summed E-state index contributed by atoms with van der Waals surface area (Å²) in [7, 11) is 0. The fourth-order valence-electron chi connectivity index (χ4n) is 6.66. The molecule has 6 rings (SSSR count). The number of fused-ring (bicyclic) bond motifs is 3. The van der Waals surface area contributed by atoms with Crippen molar-refractivity contribution in [2.24, 2.45) is 0 Å². The van der Waals surface area contributed by atoms with Crippen LogP contribution in [0.2, 0.25) is 10.0 Å². The van der Waals surface area contributed by atoms with Gasteiger partial charge in [0.15, 0.2) is 0 Å². The van der Waals surface area contributed by atoms with E-state index in [0.717, 1.165) is 34.0 Å². The average Bonchev–Trinajstić information content (AvgIpc) is 3.64. The summed E-state index contributed by atoms with van der Waals surface area (Å²) in [6, 6.07) is 33.5. The van der Waals surface area contributed by atoms with Crippen molar-refractivity contribution >= 4 is 26.4 Å². The largest absolute Gasteiger partial charge is 1.00 e. The summed E-state index contributed by atoms with van der Waals surface area (Å²) in [5.74, 6) is 0. The minimum atomic E-state index is 0. The van der Waals surface area contributed by atoms with Gasteiger partial charge in [-0.25, -0.2) is 6.07 Å². The minimum Gasteiger partial charge on any atom is -1.00 e. The van der Waals surface area contributed by atoms with Gasteiger partial charge >= 0.3 is 120 Å². The molecule has 0 radical (unpaired) electrons. The summed E-state index contributed by atoms with van der Waals surface area (Å²) in [5.41, 5.74) is 17.1. The molecule has 5 aromatic rings. The van der Waals surface area contributed by atoms with Crippen LogP contribution in [0.5, 0.6) is 0 Å². The summed E-state index contributed by atoms with van der Waals surface area (Å²) in [5, 5.41) is 1.53. The van der Waals surface area contributed by atoms with Gasteiger partial charge in [0.2, 0.25) is 0 Å². The number of halogens is 4. The Labute approximate surface area is 352 Å². The minimum absolute atomic E-state index is 0. The van der Waals surface area contributed by atoms with E-state index < -0.39 is 0 Å². The second kappa shape index (κ2) is 18.7. The maximum Gasteiger partial charge on any atom is -1.00 e. The molecule has 5 heteroatoms. The van der Waals surface area contributed by atoms with E-state index in [4.69, 9.17) is 23.2 Å². The Kier molecular flexibility index (Phi) is 16.6. The number of aryl methyl sites for hydroxylation is 3. The van der Waals surface area contributed by atoms with Crippen LogP contribution in [-0.4, -0.2) is 3.21 Å². The summed E-state index contributed by atoms with van der Waals surface area (Å²) in [4.78, 5) is 0. The molecule has 0 saturated heterocycles. The molecule has 1 aliphatic rings. The van der Waals surface area contributed by atoms with Crippen LogP contribution in [0.4, 0.5) is 0 Å². The molecular formula is C47H54Cl4Zr-2. The van der Waals surface area contributed by atoms with Gasteiger partial charge < -0.3 is 24.8 Å². The van der Waals surface area contributed by atoms with Gasteiger partial charge in [-0.15, -0.1) is 16.7 Å². The van der Waals surface area contributed by atoms with Crippen LogP contribution < -0.4 is 24.8 Å². The number of hydrogen-bond acceptors (Lipinski definition) is 0. The molecule has 1 aliphatic carbocycles. The van der Waals surface area contributed by atoms with Crippen molar-refractivity contribution in [1.29, 1.82) is 0 Å². The van der Waals surface area contributed by atoms with Crippen LogP contribution in [0, 0.1) is 19.9 Å². The van der Waals surface area contributed by atoms with E-state index in [0.29, 0.717) is 5.41 Å². The number of hydrogen-bond donors (Lipinski definition) is 0. The Morgan fingerprint density at radius 1 is 0.712 bits per heavy atom. The van der Waals surface area contributed by atoms with Gasteiger partial charge in [-0.3, -0.25) is 0 Å². The van der Waals surface area contributed by atoms with Gasteiger partial charge in [0.1, 0.15) is 0 Å². The first-order chi connectivity index (χ1) is 23.2. The summed E-state index contributed by atoms with van der Waals surface area (Å²) in [6.07, 6.45) is 2.18. The van der Waals surface area contributed by atoms with Crippen LogP contribution in [0.3, 0.4) is 0 Å². The van der Waals surface area contributed by atoms with Gasteiger partial charge in [0, 0.05) is 0 Å². The third-order valence-corrected chi connectivity index (χ3v) is 11.3. The van der Waals surface area contributed by atoms with Crippen LogP contribution in [0.1, 0.15) is 125 Å². The fraction of sp³-hybridized carbons (Fsp3) is 0.362. The molecule has 0 fully saturated rings. The van der Waals surface area contributed by atoms with Crippen molar-refractivity contribution in [2.75, 3.05) is 0 Å². The third kappa shape index (κ3) is 11.8. The Morgan fingerprint density at radius 2 is 1.23 bits per heavy atom. The van der Waals surface area contributed by atoms with Crippen molar-refractivity contribution in [1.82, 2.24) is 0 Å². The predicted octanol–water partition coefficient (Wildman–Crippen LogP) is 7.65. The maximum atomic E-state index is 5.98. The zero-order valence-corrected chi connectivity index (χ0v) is 38.5. The molecule has 0 N–H and O–H groups in total. The quantitative estimate of drug-likeness (QED) is 0.161. The molecule has 0 bridgehead atoms. The molecule has 52 heavy (non-hydrogen) atoms. The average molecular weight is 852 g/mol. The van der Waals surface area contributed by atoms with Gasteiger partial charge in [-0.2, -0.15) is 41.0 Å². The van der Waals surface area contributed by atoms with E-state index in [-0.39, 0.29) is 35.6 Å². The number of benzene rings is 4. The first kappa shape index (κ1) is 46.3. The molecule has 0 amide bonds. The molecule has 0 nitrogen and oxygen atoms in total. The standard InChI is InChI=1S/C23H29.C13H8Cl2.C11H17.2ClH.Zr/c1-14-9-16-11-17-10-15(2)21(23(6,7)8)13-19(17)18(16)12-20(14)22(3,4)5;14-12-5-1-3-10(8-12)7-11-4-2-6-13(15)9-11;1-5-9-6-7-10(8-9)11(2,3)4;;;/h9,12-13H,11H2,1-8H3;1-6,8-9H;6-8H,5H2,1-4H3;2*1H;/q-1;;-1;;;+2/p-2. The first-order valence-corrected chi connectivity index (χ1v) is 19.7. The van der Waals surface area contributed by atoms with E-state index >= 15 is 0 Å². The van der Waals surface area contributed by atoms with Crippen molar-refractivity contribution in [3.63, 3.8) is 0 Å². The summed E-state index contributed by atoms with van der Waals surface area (Å²) < 4.78 is 1.26. The zero-order chi connectivity index (χ0) is 37.2. The molecule has 0 heterocycles. The topological polar surface area (TPSA) is 0 Å². The summed E-state index contributed by atoms with van der Waals surface area (Å²) in [6.45, 7) is 27.2. The Hall–Kier alpha value is -1.86. The third-order valence-electron chi connectivity index (χ3n) is 9.40. The molecule has 5 aromatic carbocycles. The van der Waals surface area contributed by atoms with Crippen molar-refractivity contribution in [2.45, 2.75) is 112 Å².